The maximum absolute atomic E-state index is 13.6. The van der Waals surface area contributed by atoms with Crippen LogP contribution in [-0.2, 0) is 38.1 Å². The summed E-state index contributed by atoms with van der Waals surface area (Å²) in [5.41, 5.74) is -0.506. The van der Waals surface area contributed by atoms with Crippen molar-refractivity contribution in [1.29, 1.82) is 0 Å². The highest BCUT2D eigenvalue weighted by Crippen LogP contribution is 2.72. The highest BCUT2D eigenvalue weighted by atomic mass is 16.6. The molecule has 6 aliphatic carbocycles. The Balaban J connectivity index is 1.14. The van der Waals surface area contributed by atoms with Crippen molar-refractivity contribution in [2.75, 3.05) is 13.2 Å². The van der Waals surface area contributed by atoms with Gasteiger partial charge < -0.3 is 18.9 Å². The topological polar surface area (TPSA) is 109 Å². The molecule has 8 fully saturated rings. The fourth-order valence-electron chi connectivity index (χ4n) is 12.8. The number of carbonyl (C=O) groups is 4. The molecular formula is C36H50O8. The average molecular weight is 611 g/mol. The van der Waals surface area contributed by atoms with Crippen LogP contribution < -0.4 is 0 Å². The molecule has 2 aliphatic heterocycles. The Bertz CT molecular complexity index is 1230. The molecule has 17 atom stereocenters. The maximum Gasteiger partial charge on any atom is 0.317 e. The number of epoxide rings is 1. The van der Waals surface area contributed by atoms with Crippen molar-refractivity contribution < 1.29 is 38.1 Å². The van der Waals surface area contributed by atoms with Crippen LogP contribution in [0.15, 0.2) is 0 Å². The number of ether oxygens (including phenoxy) is 4. The normalized spacial score (nSPS) is 51.7. The van der Waals surface area contributed by atoms with Gasteiger partial charge in [0, 0.05) is 0 Å². The Labute approximate surface area is 261 Å². The van der Waals surface area contributed by atoms with Gasteiger partial charge in [0.15, 0.2) is 0 Å². The van der Waals surface area contributed by atoms with Gasteiger partial charge in [-0.1, -0.05) is 13.8 Å². The van der Waals surface area contributed by atoms with E-state index in [-0.39, 0.29) is 59.6 Å². The summed E-state index contributed by atoms with van der Waals surface area (Å²) in [4.78, 5) is 53.0. The van der Waals surface area contributed by atoms with E-state index in [2.05, 4.69) is 6.92 Å². The molecule has 8 rings (SSSR count). The van der Waals surface area contributed by atoms with Gasteiger partial charge in [-0.3, -0.25) is 19.2 Å². The van der Waals surface area contributed by atoms with E-state index in [0.29, 0.717) is 72.4 Å². The molecule has 8 aliphatic rings. The molecular weight excluding hydrogens is 560 g/mol. The second-order valence-corrected chi connectivity index (χ2v) is 17.3. The lowest BCUT2D eigenvalue weighted by atomic mass is 9.54. The summed E-state index contributed by atoms with van der Waals surface area (Å²) in [6, 6.07) is 0. The van der Waals surface area contributed by atoms with E-state index in [1.807, 2.05) is 27.7 Å². The van der Waals surface area contributed by atoms with Gasteiger partial charge in [0.05, 0.1) is 30.3 Å². The van der Waals surface area contributed by atoms with Gasteiger partial charge in [-0.2, -0.15) is 0 Å². The monoisotopic (exact) mass is 610 g/mol. The molecule has 0 spiro atoms. The summed E-state index contributed by atoms with van der Waals surface area (Å²) in [6.45, 7) is 11.2. The second-order valence-electron chi connectivity index (χ2n) is 17.3. The lowest BCUT2D eigenvalue weighted by Gasteiger charge is -2.50. The quantitative estimate of drug-likeness (QED) is 0.170. The van der Waals surface area contributed by atoms with Gasteiger partial charge in [0.1, 0.15) is 18.3 Å². The Kier molecular flexibility index (Phi) is 6.87. The zero-order valence-corrected chi connectivity index (χ0v) is 26.9. The van der Waals surface area contributed by atoms with Gasteiger partial charge >= 0.3 is 23.9 Å². The highest BCUT2D eigenvalue weighted by Gasteiger charge is 2.69. The van der Waals surface area contributed by atoms with Crippen molar-refractivity contribution in [3.63, 3.8) is 0 Å². The molecule has 6 saturated carbocycles. The molecule has 6 bridgehead atoms. The van der Waals surface area contributed by atoms with Crippen LogP contribution in [0.3, 0.4) is 0 Å². The Morgan fingerprint density at radius 3 is 2.00 bits per heavy atom. The number of rotatable bonds is 7. The van der Waals surface area contributed by atoms with Crippen molar-refractivity contribution in [1.82, 2.24) is 0 Å². The van der Waals surface area contributed by atoms with E-state index in [4.69, 9.17) is 18.9 Å². The van der Waals surface area contributed by atoms with Crippen LogP contribution in [0, 0.1) is 94.7 Å². The predicted octanol–water partition coefficient (Wildman–Crippen LogP) is 5.06. The lowest BCUT2D eigenvalue weighted by Crippen LogP contribution is -2.49. The van der Waals surface area contributed by atoms with E-state index in [0.717, 1.165) is 44.9 Å². The highest BCUT2D eigenvalue weighted by molar-refractivity contribution is 5.96. The molecule has 0 amide bonds. The third-order valence-corrected chi connectivity index (χ3v) is 14.2. The number of hydrogen-bond donors (Lipinski definition) is 0. The van der Waals surface area contributed by atoms with Crippen LogP contribution in [0.5, 0.6) is 0 Å². The summed E-state index contributed by atoms with van der Waals surface area (Å²) in [7, 11) is 0. The maximum atomic E-state index is 13.6. The van der Waals surface area contributed by atoms with Crippen molar-refractivity contribution in [3.05, 3.63) is 0 Å². The standard InChI is InChI=1S/C36H50O8/c1-15-19-9-22(25(10-19)34(39)44-36(3,4)5)26(15)30-20-11-23(24(12-20)33(38)42-14-21-13-41-21)31(30)29-18-7-6-17(8-18)28(29)27-16(2)32(37)43-35(27)40/h15-31H,6-14H2,1-5H3. The number of fused-ring (bicyclic) bond motifs is 6. The minimum Gasteiger partial charge on any atom is -0.463 e. The first kappa shape index (κ1) is 29.4. The molecule has 0 radical (unpaired) electrons. The van der Waals surface area contributed by atoms with Crippen molar-refractivity contribution in [2.24, 2.45) is 94.7 Å². The smallest absolute Gasteiger partial charge is 0.317 e. The predicted molar refractivity (Wildman–Crippen MR) is 157 cm³/mol. The van der Waals surface area contributed by atoms with E-state index < -0.39 is 11.5 Å². The molecule has 0 aromatic carbocycles. The van der Waals surface area contributed by atoms with Crippen molar-refractivity contribution in [3.8, 4) is 0 Å². The Morgan fingerprint density at radius 1 is 0.750 bits per heavy atom. The molecule has 0 aromatic heterocycles. The SMILES string of the molecule is CC1C(=O)OC(=O)C1C1C2CCC(C2)C1C1C2CC(CC2C(=O)OCC2CO2)C1C1C(C)C2CC(C(=O)OC(C)(C)C)C1C2. The van der Waals surface area contributed by atoms with Gasteiger partial charge in [-0.15, -0.1) is 0 Å². The summed E-state index contributed by atoms with van der Waals surface area (Å²) >= 11 is 0. The Morgan fingerprint density at radius 2 is 1.36 bits per heavy atom. The van der Waals surface area contributed by atoms with Crippen molar-refractivity contribution in [2.45, 2.75) is 91.3 Å². The minimum absolute atomic E-state index is 0.0378. The van der Waals surface area contributed by atoms with Crippen LogP contribution >= 0.6 is 0 Å². The average Bonchev–Trinajstić information content (AvgIpc) is 3.56. The number of carbonyl (C=O) groups excluding carboxylic acids is 4. The minimum atomic E-state index is -0.506. The van der Waals surface area contributed by atoms with Crippen LogP contribution in [0.1, 0.15) is 79.6 Å². The van der Waals surface area contributed by atoms with Crippen LogP contribution in [0.2, 0.25) is 0 Å². The van der Waals surface area contributed by atoms with Gasteiger partial charge in [-0.25, -0.2) is 0 Å². The lowest BCUT2D eigenvalue weighted by molar-refractivity contribution is -0.165. The second kappa shape index (κ2) is 10.3. The number of cyclic esters (lactones) is 2. The molecule has 0 N–H and O–H groups in total. The molecule has 242 valence electrons. The van der Waals surface area contributed by atoms with Gasteiger partial charge in [0.2, 0.25) is 0 Å². The van der Waals surface area contributed by atoms with Crippen LogP contribution in [0.25, 0.3) is 0 Å². The summed E-state index contributed by atoms with van der Waals surface area (Å²) < 4.78 is 22.4. The van der Waals surface area contributed by atoms with Gasteiger partial charge in [0.25, 0.3) is 0 Å². The fourth-order valence-corrected chi connectivity index (χ4v) is 12.8. The molecule has 8 heteroatoms. The van der Waals surface area contributed by atoms with E-state index >= 15 is 0 Å². The third-order valence-electron chi connectivity index (χ3n) is 14.2. The molecule has 44 heavy (non-hydrogen) atoms. The zero-order valence-electron chi connectivity index (χ0n) is 26.9. The third kappa shape index (κ3) is 4.53. The Hall–Kier alpha value is -1.96. The van der Waals surface area contributed by atoms with Crippen LogP contribution in [-0.4, -0.2) is 48.8 Å². The summed E-state index contributed by atoms with van der Waals surface area (Å²) in [5, 5.41) is 0. The zero-order chi connectivity index (χ0) is 30.8. The number of esters is 4. The first-order valence-electron chi connectivity index (χ1n) is 17.7. The summed E-state index contributed by atoms with van der Waals surface area (Å²) in [5.74, 6) is 2.70. The summed E-state index contributed by atoms with van der Waals surface area (Å²) in [6.07, 6.45) is 7.33. The first-order chi connectivity index (χ1) is 20.9. The van der Waals surface area contributed by atoms with Gasteiger partial charge in [-0.05, 0) is 137 Å². The van der Waals surface area contributed by atoms with E-state index in [1.165, 1.54) is 0 Å². The number of hydrogen-bond acceptors (Lipinski definition) is 8. The fraction of sp³-hybridized carbons (Fsp3) is 0.889. The molecule has 2 saturated heterocycles. The molecule has 8 nitrogen and oxygen atoms in total. The van der Waals surface area contributed by atoms with E-state index in [1.54, 1.807) is 0 Å². The molecule has 17 unspecified atom stereocenters. The van der Waals surface area contributed by atoms with Crippen molar-refractivity contribution >= 4 is 23.9 Å². The van der Waals surface area contributed by atoms with Crippen LogP contribution in [0.4, 0.5) is 0 Å². The van der Waals surface area contributed by atoms with E-state index in [9.17, 15) is 19.2 Å². The molecule has 0 aromatic rings. The molecule has 2 heterocycles. The largest absolute Gasteiger partial charge is 0.463 e. The first-order valence-corrected chi connectivity index (χ1v) is 17.7.